The molecular weight excluding hydrogens is 174 g/mol. The van der Waals surface area contributed by atoms with Gasteiger partial charge in [-0.1, -0.05) is 0 Å². The average molecular weight is 197 g/mol. The van der Waals surface area contributed by atoms with E-state index in [1.54, 1.807) is 0 Å². The van der Waals surface area contributed by atoms with Crippen LogP contribution in [-0.2, 0) is 0 Å². The molecule has 2 aliphatic rings. The van der Waals surface area contributed by atoms with E-state index in [9.17, 15) is 0 Å². The Bertz CT molecular complexity index is 164. The Balaban J connectivity index is 1.85. The highest BCUT2D eigenvalue weighted by Crippen LogP contribution is 2.16. The fourth-order valence-corrected chi connectivity index (χ4v) is 2.58. The first-order valence-corrected chi connectivity index (χ1v) is 6.07. The Morgan fingerprint density at radius 3 is 2.86 bits per heavy atom. The lowest BCUT2D eigenvalue weighted by Gasteiger charge is -2.37. The molecule has 3 nitrogen and oxygen atoms in total. The molecular formula is C11H23N3. The molecule has 0 aromatic heterocycles. The molecule has 2 saturated heterocycles. The van der Waals surface area contributed by atoms with E-state index >= 15 is 0 Å². The maximum absolute atomic E-state index is 3.71. The largest absolute Gasteiger partial charge is 0.315 e. The zero-order valence-corrected chi connectivity index (χ0v) is 9.26. The van der Waals surface area contributed by atoms with Gasteiger partial charge in [0.05, 0.1) is 6.17 Å². The van der Waals surface area contributed by atoms with Gasteiger partial charge in [0.2, 0.25) is 0 Å². The number of rotatable bonds is 1. The zero-order chi connectivity index (χ0) is 9.80. The van der Waals surface area contributed by atoms with Gasteiger partial charge in [0.15, 0.2) is 0 Å². The summed E-state index contributed by atoms with van der Waals surface area (Å²) in [5, 5.41) is 7.17. The standard InChI is InChI=1S/C11H23N3/c1-10-4-2-5-11(13-10)14-8-3-6-12-7-9-14/h10-13H,2-9H2,1H3. The number of hydrogen-bond donors (Lipinski definition) is 2. The van der Waals surface area contributed by atoms with E-state index in [0.29, 0.717) is 12.2 Å². The Morgan fingerprint density at radius 1 is 1.07 bits per heavy atom. The second-order valence-electron chi connectivity index (χ2n) is 4.65. The summed E-state index contributed by atoms with van der Waals surface area (Å²) >= 11 is 0. The van der Waals surface area contributed by atoms with Gasteiger partial charge < -0.3 is 5.32 Å². The molecule has 0 bridgehead atoms. The third-order valence-corrected chi connectivity index (χ3v) is 3.41. The van der Waals surface area contributed by atoms with Crippen LogP contribution in [0.2, 0.25) is 0 Å². The fourth-order valence-electron chi connectivity index (χ4n) is 2.58. The highest BCUT2D eigenvalue weighted by atomic mass is 15.3. The topological polar surface area (TPSA) is 27.3 Å². The molecule has 3 heteroatoms. The van der Waals surface area contributed by atoms with Crippen molar-refractivity contribution in [3.8, 4) is 0 Å². The van der Waals surface area contributed by atoms with Gasteiger partial charge in [-0.15, -0.1) is 0 Å². The molecule has 0 aliphatic carbocycles. The molecule has 82 valence electrons. The van der Waals surface area contributed by atoms with Crippen LogP contribution < -0.4 is 10.6 Å². The van der Waals surface area contributed by atoms with E-state index in [2.05, 4.69) is 22.5 Å². The van der Waals surface area contributed by atoms with E-state index in [0.717, 1.165) is 6.54 Å². The maximum atomic E-state index is 3.71. The van der Waals surface area contributed by atoms with Crippen molar-refractivity contribution in [2.24, 2.45) is 0 Å². The summed E-state index contributed by atoms with van der Waals surface area (Å²) in [5.74, 6) is 0. The normalized spacial score (nSPS) is 36.6. The Kier molecular flexibility index (Phi) is 3.79. The van der Waals surface area contributed by atoms with E-state index in [1.807, 2.05) is 0 Å². The van der Waals surface area contributed by atoms with Gasteiger partial charge in [-0.25, -0.2) is 0 Å². The minimum atomic E-state index is 0.652. The summed E-state index contributed by atoms with van der Waals surface area (Å²) in [6, 6.07) is 0.713. The lowest BCUT2D eigenvalue weighted by atomic mass is 10.0. The van der Waals surface area contributed by atoms with Gasteiger partial charge in [0.1, 0.15) is 0 Å². The van der Waals surface area contributed by atoms with E-state index in [1.165, 1.54) is 45.3 Å². The molecule has 2 aliphatic heterocycles. The summed E-state index contributed by atoms with van der Waals surface area (Å²) in [7, 11) is 0. The van der Waals surface area contributed by atoms with Crippen molar-refractivity contribution in [3.05, 3.63) is 0 Å². The van der Waals surface area contributed by atoms with Crippen LogP contribution in [-0.4, -0.2) is 43.3 Å². The van der Waals surface area contributed by atoms with Crippen LogP contribution in [0.5, 0.6) is 0 Å². The third kappa shape index (κ3) is 2.69. The summed E-state index contributed by atoms with van der Waals surface area (Å²) in [4.78, 5) is 2.62. The van der Waals surface area contributed by atoms with Crippen LogP contribution in [0.15, 0.2) is 0 Å². The predicted octanol–water partition coefficient (Wildman–Crippen LogP) is 0.770. The molecule has 14 heavy (non-hydrogen) atoms. The van der Waals surface area contributed by atoms with Gasteiger partial charge in [-0.2, -0.15) is 0 Å². The Labute approximate surface area is 87.2 Å². The molecule has 0 amide bonds. The molecule has 0 radical (unpaired) electrons. The summed E-state index contributed by atoms with van der Waals surface area (Å²) in [5.41, 5.74) is 0. The smallest absolute Gasteiger partial charge is 0.0599 e. The first-order valence-electron chi connectivity index (χ1n) is 6.07. The van der Waals surface area contributed by atoms with Crippen molar-refractivity contribution in [2.75, 3.05) is 26.2 Å². The van der Waals surface area contributed by atoms with Gasteiger partial charge in [0.25, 0.3) is 0 Å². The molecule has 2 fully saturated rings. The van der Waals surface area contributed by atoms with Crippen LogP contribution in [0.1, 0.15) is 32.6 Å². The Hall–Kier alpha value is -0.120. The quantitative estimate of drug-likeness (QED) is 0.650. The van der Waals surface area contributed by atoms with Crippen molar-refractivity contribution in [3.63, 3.8) is 0 Å². The van der Waals surface area contributed by atoms with Crippen molar-refractivity contribution < 1.29 is 0 Å². The maximum Gasteiger partial charge on any atom is 0.0599 e. The minimum Gasteiger partial charge on any atom is -0.315 e. The summed E-state index contributed by atoms with van der Waals surface area (Å²) in [6.45, 7) is 7.13. The van der Waals surface area contributed by atoms with Gasteiger partial charge in [-0.3, -0.25) is 10.2 Å². The molecule has 2 atom stereocenters. The zero-order valence-electron chi connectivity index (χ0n) is 9.26. The van der Waals surface area contributed by atoms with E-state index < -0.39 is 0 Å². The SMILES string of the molecule is CC1CCCC(N2CCCNCC2)N1. The van der Waals surface area contributed by atoms with Crippen molar-refractivity contribution in [2.45, 2.75) is 44.8 Å². The first-order chi connectivity index (χ1) is 6.86. The van der Waals surface area contributed by atoms with Crippen LogP contribution in [0.3, 0.4) is 0 Å². The third-order valence-electron chi connectivity index (χ3n) is 3.41. The van der Waals surface area contributed by atoms with E-state index in [4.69, 9.17) is 0 Å². The van der Waals surface area contributed by atoms with Gasteiger partial charge in [-0.05, 0) is 39.2 Å². The number of piperidine rings is 1. The molecule has 0 spiro atoms. The molecule has 0 aromatic carbocycles. The molecule has 2 N–H and O–H groups in total. The van der Waals surface area contributed by atoms with Crippen LogP contribution in [0, 0.1) is 0 Å². The van der Waals surface area contributed by atoms with Crippen molar-refractivity contribution in [1.82, 2.24) is 15.5 Å². The number of hydrogen-bond acceptors (Lipinski definition) is 3. The number of nitrogens with one attached hydrogen (secondary N) is 2. The molecule has 2 unspecified atom stereocenters. The van der Waals surface area contributed by atoms with E-state index in [-0.39, 0.29) is 0 Å². The predicted molar refractivity (Wildman–Crippen MR) is 59.3 cm³/mol. The summed E-state index contributed by atoms with van der Waals surface area (Å²) in [6.07, 6.45) is 6.03. The molecule has 0 aromatic rings. The molecule has 2 heterocycles. The average Bonchev–Trinajstić information content (AvgIpc) is 2.45. The van der Waals surface area contributed by atoms with Crippen molar-refractivity contribution in [1.29, 1.82) is 0 Å². The van der Waals surface area contributed by atoms with Gasteiger partial charge in [0, 0.05) is 25.7 Å². The summed E-state index contributed by atoms with van der Waals surface area (Å²) < 4.78 is 0. The highest BCUT2D eigenvalue weighted by molar-refractivity contribution is 4.80. The van der Waals surface area contributed by atoms with Crippen molar-refractivity contribution >= 4 is 0 Å². The van der Waals surface area contributed by atoms with Crippen LogP contribution >= 0.6 is 0 Å². The minimum absolute atomic E-state index is 0.652. The van der Waals surface area contributed by atoms with Gasteiger partial charge >= 0.3 is 0 Å². The molecule has 2 rings (SSSR count). The monoisotopic (exact) mass is 197 g/mol. The number of nitrogens with zero attached hydrogens (tertiary/aromatic N) is 1. The lowest BCUT2D eigenvalue weighted by Crippen LogP contribution is -2.52. The highest BCUT2D eigenvalue weighted by Gasteiger charge is 2.23. The fraction of sp³-hybridized carbons (Fsp3) is 1.00. The first kappa shape index (κ1) is 10.4. The van der Waals surface area contributed by atoms with Crippen LogP contribution in [0.4, 0.5) is 0 Å². The van der Waals surface area contributed by atoms with Crippen LogP contribution in [0.25, 0.3) is 0 Å². The lowest BCUT2D eigenvalue weighted by molar-refractivity contribution is 0.128. The second-order valence-corrected chi connectivity index (χ2v) is 4.65. The second kappa shape index (κ2) is 5.10. The Morgan fingerprint density at radius 2 is 2.00 bits per heavy atom. The molecule has 0 saturated carbocycles.